The molecule has 0 bridgehead atoms. The molecule has 1 aliphatic carbocycles. The van der Waals surface area contributed by atoms with Crippen LogP contribution in [0.25, 0.3) is 0 Å². The summed E-state index contributed by atoms with van der Waals surface area (Å²) in [5.41, 5.74) is 0. The van der Waals surface area contributed by atoms with Gasteiger partial charge in [0.2, 0.25) is 5.91 Å². The fraction of sp³-hybridized carbons (Fsp3) is 0.900. The Labute approximate surface area is 84.6 Å². The minimum absolute atomic E-state index is 0.0415. The largest absolute Gasteiger partial charge is 0.393 e. The summed E-state index contributed by atoms with van der Waals surface area (Å²) in [6, 6.07) is 0. The zero-order chi connectivity index (χ0) is 10.4. The van der Waals surface area contributed by atoms with E-state index in [1.54, 1.807) is 0 Å². The average molecular weight is 201 g/mol. The highest BCUT2D eigenvalue weighted by Gasteiger charge is 2.26. The van der Waals surface area contributed by atoms with Gasteiger partial charge in [0, 0.05) is 19.6 Å². The predicted octanol–water partition coefficient (Wildman–Crippen LogP) is 0.300. The maximum Gasteiger partial charge on any atom is 0.222 e. The van der Waals surface area contributed by atoms with E-state index in [0.29, 0.717) is 32.1 Å². The molecule has 1 fully saturated rings. The van der Waals surface area contributed by atoms with Crippen molar-refractivity contribution >= 4 is 5.91 Å². The minimum atomic E-state index is -0.139. The fourth-order valence-electron chi connectivity index (χ4n) is 1.52. The number of hydrogen-bond acceptors (Lipinski definition) is 3. The standard InChI is InChI=1S/C10H19NO3/c1-2-14-4-3-10(13)11-7-8-5-9(12)6-8/h8-9,12H,2-7H2,1H3,(H,11,13). The third kappa shape index (κ3) is 4.07. The normalized spacial score (nSPS) is 25.6. The van der Waals surface area contributed by atoms with Crippen molar-refractivity contribution in [2.45, 2.75) is 32.3 Å². The topological polar surface area (TPSA) is 58.6 Å². The maximum absolute atomic E-state index is 11.2. The second-order valence-corrected chi connectivity index (χ2v) is 3.74. The van der Waals surface area contributed by atoms with E-state index < -0.39 is 0 Å². The van der Waals surface area contributed by atoms with Crippen LogP contribution in [-0.2, 0) is 9.53 Å². The van der Waals surface area contributed by atoms with Gasteiger partial charge in [0.25, 0.3) is 0 Å². The Morgan fingerprint density at radius 2 is 2.29 bits per heavy atom. The van der Waals surface area contributed by atoms with Crippen LogP contribution in [0.5, 0.6) is 0 Å². The summed E-state index contributed by atoms with van der Waals surface area (Å²) in [5, 5.41) is 11.9. The van der Waals surface area contributed by atoms with Crippen LogP contribution in [0.4, 0.5) is 0 Å². The molecule has 0 unspecified atom stereocenters. The molecule has 4 heteroatoms. The van der Waals surface area contributed by atoms with Crippen molar-refractivity contribution in [1.82, 2.24) is 5.32 Å². The first-order valence-electron chi connectivity index (χ1n) is 5.25. The fourth-order valence-corrected chi connectivity index (χ4v) is 1.52. The number of rotatable bonds is 6. The van der Waals surface area contributed by atoms with Crippen molar-refractivity contribution in [1.29, 1.82) is 0 Å². The second-order valence-electron chi connectivity index (χ2n) is 3.74. The van der Waals surface area contributed by atoms with Gasteiger partial charge in [-0.1, -0.05) is 0 Å². The van der Waals surface area contributed by atoms with Crippen LogP contribution in [0.2, 0.25) is 0 Å². The van der Waals surface area contributed by atoms with Crippen LogP contribution in [0.1, 0.15) is 26.2 Å². The molecule has 1 saturated carbocycles. The van der Waals surface area contributed by atoms with Crippen molar-refractivity contribution in [3.8, 4) is 0 Å². The van der Waals surface area contributed by atoms with Crippen LogP contribution in [0.15, 0.2) is 0 Å². The van der Waals surface area contributed by atoms with E-state index in [4.69, 9.17) is 9.84 Å². The summed E-state index contributed by atoms with van der Waals surface area (Å²) in [7, 11) is 0. The Morgan fingerprint density at radius 1 is 1.57 bits per heavy atom. The number of aliphatic hydroxyl groups is 1. The Morgan fingerprint density at radius 3 is 2.86 bits per heavy atom. The van der Waals surface area contributed by atoms with Gasteiger partial charge in [-0.15, -0.1) is 0 Å². The Kier molecular flexibility index (Phi) is 4.90. The molecule has 1 aliphatic rings. The van der Waals surface area contributed by atoms with Gasteiger partial charge in [-0.05, 0) is 25.7 Å². The zero-order valence-corrected chi connectivity index (χ0v) is 8.66. The van der Waals surface area contributed by atoms with E-state index in [-0.39, 0.29) is 12.0 Å². The highest BCUT2D eigenvalue weighted by Crippen LogP contribution is 2.25. The van der Waals surface area contributed by atoms with Gasteiger partial charge in [-0.2, -0.15) is 0 Å². The first-order valence-corrected chi connectivity index (χ1v) is 5.25. The van der Waals surface area contributed by atoms with E-state index in [9.17, 15) is 4.79 Å². The second kappa shape index (κ2) is 5.98. The SMILES string of the molecule is CCOCCC(=O)NCC1CC(O)C1. The lowest BCUT2D eigenvalue weighted by molar-refractivity contribution is -0.122. The molecule has 14 heavy (non-hydrogen) atoms. The van der Waals surface area contributed by atoms with Gasteiger partial charge in [0.1, 0.15) is 0 Å². The smallest absolute Gasteiger partial charge is 0.222 e. The number of amides is 1. The Hall–Kier alpha value is -0.610. The molecule has 4 nitrogen and oxygen atoms in total. The summed E-state index contributed by atoms with van der Waals surface area (Å²) >= 11 is 0. The molecule has 0 aromatic heterocycles. The third-order valence-corrected chi connectivity index (χ3v) is 2.48. The molecule has 2 N–H and O–H groups in total. The molecule has 1 amide bonds. The third-order valence-electron chi connectivity index (χ3n) is 2.48. The van der Waals surface area contributed by atoms with Crippen molar-refractivity contribution in [2.24, 2.45) is 5.92 Å². The van der Waals surface area contributed by atoms with Gasteiger partial charge in [-0.3, -0.25) is 4.79 Å². The molecule has 0 aromatic rings. The van der Waals surface area contributed by atoms with E-state index >= 15 is 0 Å². The van der Waals surface area contributed by atoms with E-state index in [2.05, 4.69) is 5.32 Å². The number of hydrogen-bond donors (Lipinski definition) is 2. The molecular formula is C10H19NO3. The molecule has 0 atom stereocenters. The number of ether oxygens (including phenoxy) is 1. The molecule has 1 rings (SSSR count). The van der Waals surface area contributed by atoms with Gasteiger partial charge >= 0.3 is 0 Å². The van der Waals surface area contributed by atoms with Crippen LogP contribution in [0, 0.1) is 5.92 Å². The molecule has 0 radical (unpaired) electrons. The molecule has 0 heterocycles. The Balaban J connectivity index is 1.93. The first kappa shape index (κ1) is 11.5. The van der Waals surface area contributed by atoms with Gasteiger partial charge < -0.3 is 15.2 Å². The molecule has 0 saturated heterocycles. The van der Waals surface area contributed by atoms with Crippen LogP contribution < -0.4 is 5.32 Å². The number of aliphatic hydroxyl groups excluding tert-OH is 1. The maximum atomic E-state index is 11.2. The van der Waals surface area contributed by atoms with Crippen LogP contribution in [0.3, 0.4) is 0 Å². The van der Waals surface area contributed by atoms with Crippen molar-refractivity contribution in [3.05, 3.63) is 0 Å². The number of carbonyl (C=O) groups excluding carboxylic acids is 1. The van der Waals surface area contributed by atoms with Crippen LogP contribution in [-0.4, -0.2) is 36.9 Å². The van der Waals surface area contributed by atoms with Crippen molar-refractivity contribution < 1.29 is 14.6 Å². The first-order chi connectivity index (χ1) is 6.72. The van der Waals surface area contributed by atoms with E-state index in [1.165, 1.54) is 0 Å². The van der Waals surface area contributed by atoms with Gasteiger partial charge in [0.15, 0.2) is 0 Å². The quantitative estimate of drug-likeness (QED) is 0.608. The lowest BCUT2D eigenvalue weighted by Gasteiger charge is -2.31. The lowest BCUT2D eigenvalue weighted by Crippen LogP contribution is -2.38. The Bertz CT molecular complexity index is 178. The molecule has 0 aliphatic heterocycles. The summed E-state index contributed by atoms with van der Waals surface area (Å²) in [6.45, 7) is 3.76. The minimum Gasteiger partial charge on any atom is -0.393 e. The van der Waals surface area contributed by atoms with Crippen molar-refractivity contribution in [3.63, 3.8) is 0 Å². The van der Waals surface area contributed by atoms with Crippen molar-refractivity contribution in [2.75, 3.05) is 19.8 Å². The predicted molar refractivity (Wildman–Crippen MR) is 52.9 cm³/mol. The monoisotopic (exact) mass is 201 g/mol. The molecular weight excluding hydrogens is 182 g/mol. The van der Waals surface area contributed by atoms with Crippen LogP contribution >= 0.6 is 0 Å². The molecule has 0 aromatic carbocycles. The highest BCUT2D eigenvalue weighted by molar-refractivity contribution is 5.75. The van der Waals surface area contributed by atoms with E-state index in [0.717, 1.165) is 12.8 Å². The molecule has 82 valence electrons. The summed E-state index contributed by atoms with van der Waals surface area (Å²) < 4.78 is 5.07. The van der Waals surface area contributed by atoms with E-state index in [1.807, 2.05) is 6.92 Å². The van der Waals surface area contributed by atoms with Gasteiger partial charge in [0.05, 0.1) is 12.7 Å². The summed E-state index contributed by atoms with van der Waals surface area (Å²) in [4.78, 5) is 11.2. The molecule has 0 spiro atoms. The highest BCUT2D eigenvalue weighted by atomic mass is 16.5. The summed E-state index contributed by atoms with van der Waals surface area (Å²) in [5.74, 6) is 0.515. The summed E-state index contributed by atoms with van der Waals surface area (Å²) in [6.07, 6.45) is 1.95. The average Bonchev–Trinajstić information content (AvgIpc) is 2.11. The number of carbonyl (C=O) groups is 1. The lowest BCUT2D eigenvalue weighted by atomic mass is 9.82. The number of nitrogens with one attached hydrogen (secondary N) is 1. The van der Waals surface area contributed by atoms with Gasteiger partial charge in [-0.25, -0.2) is 0 Å². The zero-order valence-electron chi connectivity index (χ0n) is 8.66.